The monoisotopic (exact) mass is 252 g/mol. The van der Waals surface area contributed by atoms with E-state index in [9.17, 15) is 9.59 Å². The molecular formula is C13H20N2O3. The second-order valence-electron chi connectivity index (χ2n) is 4.74. The van der Waals surface area contributed by atoms with Crippen LogP contribution in [-0.4, -0.2) is 53.1 Å². The highest BCUT2D eigenvalue weighted by molar-refractivity contribution is 5.78. The van der Waals surface area contributed by atoms with Crippen LogP contribution in [0.5, 0.6) is 0 Å². The fraction of sp³-hybridized carbons (Fsp3) is 0.692. The minimum Gasteiger partial charge on any atom is -0.481 e. The van der Waals surface area contributed by atoms with Crippen LogP contribution in [0.3, 0.4) is 0 Å². The van der Waals surface area contributed by atoms with Crippen molar-refractivity contribution in [1.29, 1.82) is 0 Å². The minimum absolute atomic E-state index is 0.0132. The standard InChI is InChI=1S/C13H20N2O3/c1-4-6-14(7-5-2)13(18)15-8-10(3)11(9-15)12(16)17/h1,10-11H,5-9H2,2-3H3,(H,16,17). The van der Waals surface area contributed by atoms with Crippen LogP contribution < -0.4 is 0 Å². The number of hydrogen-bond acceptors (Lipinski definition) is 2. The lowest BCUT2D eigenvalue weighted by atomic mass is 9.99. The summed E-state index contributed by atoms with van der Waals surface area (Å²) in [6.07, 6.45) is 6.07. The summed E-state index contributed by atoms with van der Waals surface area (Å²) in [7, 11) is 0. The summed E-state index contributed by atoms with van der Waals surface area (Å²) in [6, 6.07) is -0.148. The van der Waals surface area contributed by atoms with E-state index in [0.717, 1.165) is 6.42 Å². The summed E-state index contributed by atoms with van der Waals surface area (Å²) in [4.78, 5) is 26.4. The van der Waals surface area contributed by atoms with Crippen LogP contribution in [0.1, 0.15) is 20.3 Å². The average molecular weight is 252 g/mol. The first-order chi connectivity index (χ1) is 8.51. The number of carbonyl (C=O) groups excluding carboxylic acids is 1. The number of likely N-dealkylation sites (tertiary alicyclic amines) is 1. The van der Waals surface area contributed by atoms with Crippen LogP contribution in [0, 0.1) is 24.2 Å². The second-order valence-corrected chi connectivity index (χ2v) is 4.74. The molecule has 0 aromatic carbocycles. The van der Waals surface area contributed by atoms with Crippen molar-refractivity contribution in [3.05, 3.63) is 0 Å². The van der Waals surface area contributed by atoms with Crippen LogP contribution in [0.2, 0.25) is 0 Å². The highest BCUT2D eigenvalue weighted by Crippen LogP contribution is 2.24. The van der Waals surface area contributed by atoms with Crippen molar-refractivity contribution < 1.29 is 14.7 Å². The summed E-state index contributed by atoms with van der Waals surface area (Å²) in [5.41, 5.74) is 0. The first-order valence-electron chi connectivity index (χ1n) is 6.21. The Bertz CT molecular complexity index is 362. The molecule has 2 unspecified atom stereocenters. The molecule has 0 saturated carbocycles. The fourth-order valence-electron chi connectivity index (χ4n) is 2.27. The molecule has 1 N–H and O–H groups in total. The van der Waals surface area contributed by atoms with E-state index in [1.165, 1.54) is 0 Å². The molecule has 0 aromatic heterocycles. The van der Waals surface area contributed by atoms with E-state index in [4.69, 9.17) is 11.5 Å². The smallest absolute Gasteiger partial charge is 0.320 e. The van der Waals surface area contributed by atoms with Crippen molar-refractivity contribution in [1.82, 2.24) is 9.80 Å². The van der Waals surface area contributed by atoms with Crippen LogP contribution >= 0.6 is 0 Å². The first kappa shape index (κ1) is 14.4. The number of terminal acetylenes is 1. The van der Waals surface area contributed by atoms with Gasteiger partial charge in [0.15, 0.2) is 0 Å². The van der Waals surface area contributed by atoms with Gasteiger partial charge in [0.05, 0.1) is 12.5 Å². The van der Waals surface area contributed by atoms with E-state index in [-0.39, 0.29) is 25.0 Å². The van der Waals surface area contributed by atoms with Gasteiger partial charge in [0, 0.05) is 19.6 Å². The molecule has 1 aliphatic heterocycles. The summed E-state index contributed by atoms with van der Waals surface area (Å²) < 4.78 is 0. The Kier molecular flexibility index (Phi) is 5.02. The zero-order valence-electron chi connectivity index (χ0n) is 10.9. The Morgan fingerprint density at radius 1 is 1.50 bits per heavy atom. The molecule has 0 aliphatic carbocycles. The van der Waals surface area contributed by atoms with Crippen LogP contribution in [0.4, 0.5) is 4.79 Å². The molecule has 0 radical (unpaired) electrons. The van der Waals surface area contributed by atoms with Crippen molar-refractivity contribution in [2.24, 2.45) is 11.8 Å². The number of carbonyl (C=O) groups is 2. The number of rotatable bonds is 4. The van der Waals surface area contributed by atoms with Crippen molar-refractivity contribution in [2.45, 2.75) is 20.3 Å². The number of carboxylic acids is 1. The van der Waals surface area contributed by atoms with E-state index >= 15 is 0 Å². The fourth-order valence-corrected chi connectivity index (χ4v) is 2.27. The number of hydrogen-bond donors (Lipinski definition) is 1. The van der Waals surface area contributed by atoms with Crippen molar-refractivity contribution in [3.63, 3.8) is 0 Å². The predicted octanol–water partition coefficient (Wildman–Crippen LogP) is 1.10. The van der Waals surface area contributed by atoms with E-state index in [1.54, 1.807) is 9.80 Å². The summed E-state index contributed by atoms with van der Waals surface area (Å²) >= 11 is 0. The van der Waals surface area contributed by atoms with E-state index < -0.39 is 11.9 Å². The molecule has 2 atom stereocenters. The summed E-state index contributed by atoms with van der Waals surface area (Å²) in [6.45, 7) is 5.47. The Hall–Kier alpha value is -1.70. The molecule has 1 heterocycles. The SMILES string of the molecule is C#CCN(CCC)C(=O)N1CC(C)C(C(=O)O)C1. The summed E-state index contributed by atoms with van der Waals surface area (Å²) in [5.74, 6) is 1.15. The maximum absolute atomic E-state index is 12.2. The molecular weight excluding hydrogens is 232 g/mol. The number of urea groups is 1. The normalized spacial score (nSPS) is 22.6. The number of nitrogens with zero attached hydrogens (tertiary/aromatic N) is 2. The van der Waals surface area contributed by atoms with Crippen molar-refractivity contribution in [2.75, 3.05) is 26.2 Å². The second kappa shape index (κ2) is 6.29. The highest BCUT2D eigenvalue weighted by Gasteiger charge is 2.38. The maximum atomic E-state index is 12.2. The molecule has 0 spiro atoms. The van der Waals surface area contributed by atoms with Gasteiger partial charge in [-0.15, -0.1) is 6.42 Å². The molecule has 1 aliphatic rings. The van der Waals surface area contributed by atoms with Gasteiger partial charge in [0.1, 0.15) is 0 Å². The van der Waals surface area contributed by atoms with Gasteiger partial charge in [-0.1, -0.05) is 19.8 Å². The largest absolute Gasteiger partial charge is 0.481 e. The lowest BCUT2D eigenvalue weighted by molar-refractivity contribution is -0.142. The lowest BCUT2D eigenvalue weighted by Crippen LogP contribution is -2.43. The van der Waals surface area contributed by atoms with Crippen molar-refractivity contribution in [3.8, 4) is 12.3 Å². The van der Waals surface area contributed by atoms with Gasteiger partial charge in [-0.3, -0.25) is 4.79 Å². The predicted molar refractivity (Wildman–Crippen MR) is 68.0 cm³/mol. The molecule has 0 aromatic rings. The van der Waals surface area contributed by atoms with E-state index in [0.29, 0.717) is 13.1 Å². The van der Waals surface area contributed by atoms with Crippen molar-refractivity contribution >= 4 is 12.0 Å². The molecule has 1 fully saturated rings. The Morgan fingerprint density at radius 2 is 2.17 bits per heavy atom. The molecule has 1 saturated heterocycles. The van der Waals surface area contributed by atoms with Gasteiger partial charge < -0.3 is 14.9 Å². The molecule has 1 rings (SSSR count). The maximum Gasteiger partial charge on any atom is 0.320 e. The highest BCUT2D eigenvalue weighted by atomic mass is 16.4. The molecule has 100 valence electrons. The molecule has 2 amide bonds. The molecule has 0 bridgehead atoms. The molecule has 18 heavy (non-hydrogen) atoms. The molecule has 5 heteroatoms. The first-order valence-corrected chi connectivity index (χ1v) is 6.21. The van der Waals surface area contributed by atoms with Crippen LogP contribution in [0.25, 0.3) is 0 Å². The Balaban J connectivity index is 2.67. The zero-order valence-corrected chi connectivity index (χ0v) is 10.9. The molecule has 5 nitrogen and oxygen atoms in total. The van der Waals surface area contributed by atoms with Gasteiger partial charge in [0.2, 0.25) is 0 Å². The van der Waals surface area contributed by atoms with Gasteiger partial charge in [0.25, 0.3) is 0 Å². The quantitative estimate of drug-likeness (QED) is 0.762. The van der Waals surface area contributed by atoms with Crippen LogP contribution in [-0.2, 0) is 4.79 Å². The Labute approximate surface area is 108 Å². The number of amides is 2. The minimum atomic E-state index is -0.836. The van der Waals surface area contributed by atoms with Gasteiger partial charge in [-0.05, 0) is 12.3 Å². The third-order valence-electron chi connectivity index (χ3n) is 3.25. The Morgan fingerprint density at radius 3 is 2.61 bits per heavy atom. The van der Waals surface area contributed by atoms with E-state index in [2.05, 4.69) is 5.92 Å². The number of aliphatic carboxylic acids is 1. The third-order valence-corrected chi connectivity index (χ3v) is 3.25. The van der Waals surface area contributed by atoms with Gasteiger partial charge >= 0.3 is 12.0 Å². The summed E-state index contributed by atoms with van der Waals surface area (Å²) in [5, 5.41) is 9.04. The lowest BCUT2D eigenvalue weighted by Gasteiger charge is -2.26. The topological polar surface area (TPSA) is 60.9 Å². The zero-order chi connectivity index (χ0) is 13.7. The van der Waals surface area contributed by atoms with E-state index in [1.807, 2.05) is 13.8 Å². The van der Waals surface area contributed by atoms with Crippen LogP contribution in [0.15, 0.2) is 0 Å². The van der Waals surface area contributed by atoms with Gasteiger partial charge in [-0.2, -0.15) is 0 Å². The number of carboxylic acid groups (broad SMARTS) is 1. The van der Waals surface area contributed by atoms with Gasteiger partial charge in [-0.25, -0.2) is 4.79 Å². The average Bonchev–Trinajstić information content (AvgIpc) is 2.70. The third kappa shape index (κ3) is 3.16.